The van der Waals surface area contributed by atoms with E-state index in [9.17, 15) is 4.79 Å². The highest BCUT2D eigenvalue weighted by molar-refractivity contribution is 5.82. The van der Waals surface area contributed by atoms with Gasteiger partial charge in [-0.25, -0.2) is 0 Å². The monoisotopic (exact) mass is 285 g/mol. The zero-order valence-electron chi connectivity index (χ0n) is 13.0. The van der Waals surface area contributed by atoms with Crippen molar-refractivity contribution in [2.45, 2.75) is 44.9 Å². The summed E-state index contributed by atoms with van der Waals surface area (Å²) < 4.78 is 0. The highest BCUT2D eigenvalue weighted by Gasteiger charge is 2.25. The Labute approximate surface area is 128 Å². The van der Waals surface area contributed by atoms with Crippen molar-refractivity contribution in [3.8, 4) is 0 Å². The molecule has 0 N–H and O–H groups in total. The largest absolute Gasteiger partial charge is 0.303 e. The van der Waals surface area contributed by atoms with Crippen LogP contribution in [-0.2, 0) is 11.2 Å². The van der Waals surface area contributed by atoms with E-state index < -0.39 is 0 Å². The van der Waals surface area contributed by atoms with Gasteiger partial charge in [0.2, 0.25) is 0 Å². The van der Waals surface area contributed by atoms with Crippen LogP contribution in [0.4, 0.5) is 0 Å². The fourth-order valence-corrected chi connectivity index (χ4v) is 3.89. The number of Topliss-reactive ketones (excluding diaryl/α,β-unsaturated/α-hetero) is 1. The standard InChI is InChI=1S/C19H27NO/c21-19-8-4-7-18(19)11-14-20-12-9-17(10-13-20)15-16-5-2-1-3-6-16/h1-3,5-6,17-18H,4,7-15H2. The van der Waals surface area contributed by atoms with Crippen LogP contribution in [0.2, 0.25) is 0 Å². The Morgan fingerprint density at radius 1 is 1.05 bits per heavy atom. The van der Waals surface area contributed by atoms with Gasteiger partial charge in [0, 0.05) is 12.3 Å². The zero-order valence-corrected chi connectivity index (χ0v) is 13.0. The van der Waals surface area contributed by atoms with E-state index in [1.165, 1.54) is 37.9 Å². The van der Waals surface area contributed by atoms with Crippen molar-refractivity contribution < 1.29 is 4.79 Å². The topological polar surface area (TPSA) is 20.3 Å². The van der Waals surface area contributed by atoms with Crippen LogP contribution in [0.3, 0.4) is 0 Å². The minimum Gasteiger partial charge on any atom is -0.303 e. The van der Waals surface area contributed by atoms with Gasteiger partial charge in [0.25, 0.3) is 0 Å². The maximum atomic E-state index is 11.7. The van der Waals surface area contributed by atoms with E-state index in [1.54, 1.807) is 0 Å². The summed E-state index contributed by atoms with van der Waals surface area (Å²) in [5.41, 5.74) is 1.48. The van der Waals surface area contributed by atoms with Crippen molar-refractivity contribution in [3.63, 3.8) is 0 Å². The third-order valence-corrected chi connectivity index (χ3v) is 5.30. The summed E-state index contributed by atoms with van der Waals surface area (Å²) in [6.07, 6.45) is 8.06. The molecular weight excluding hydrogens is 258 g/mol. The molecule has 1 heterocycles. The van der Waals surface area contributed by atoms with Gasteiger partial charge in [-0.2, -0.15) is 0 Å². The van der Waals surface area contributed by atoms with Gasteiger partial charge < -0.3 is 4.90 Å². The van der Waals surface area contributed by atoms with Gasteiger partial charge in [-0.05, 0) is 69.6 Å². The lowest BCUT2D eigenvalue weighted by Crippen LogP contribution is -2.35. The quantitative estimate of drug-likeness (QED) is 0.822. The van der Waals surface area contributed by atoms with Crippen LogP contribution in [0, 0.1) is 11.8 Å². The SMILES string of the molecule is O=C1CCCC1CCN1CCC(Cc2ccccc2)CC1. The molecule has 0 bridgehead atoms. The molecular formula is C19H27NO. The van der Waals surface area contributed by atoms with E-state index in [2.05, 4.69) is 35.2 Å². The maximum absolute atomic E-state index is 11.7. The number of benzene rings is 1. The summed E-state index contributed by atoms with van der Waals surface area (Å²) in [6.45, 7) is 3.57. The Morgan fingerprint density at radius 3 is 2.48 bits per heavy atom. The summed E-state index contributed by atoms with van der Waals surface area (Å²) in [5, 5.41) is 0. The molecule has 1 saturated heterocycles. The fraction of sp³-hybridized carbons (Fsp3) is 0.632. The van der Waals surface area contributed by atoms with Crippen molar-refractivity contribution >= 4 is 5.78 Å². The van der Waals surface area contributed by atoms with Crippen molar-refractivity contribution in [2.24, 2.45) is 11.8 Å². The maximum Gasteiger partial charge on any atom is 0.136 e. The Hall–Kier alpha value is -1.15. The zero-order chi connectivity index (χ0) is 14.5. The van der Waals surface area contributed by atoms with E-state index in [-0.39, 0.29) is 0 Å². The number of carbonyl (C=O) groups excluding carboxylic acids is 1. The number of carbonyl (C=O) groups is 1. The van der Waals surface area contributed by atoms with Crippen LogP contribution in [0.15, 0.2) is 30.3 Å². The van der Waals surface area contributed by atoms with Gasteiger partial charge in [-0.15, -0.1) is 0 Å². The highest BCUT2D eigenvalue weighted by Crippen LogP contribution is 2.26. The third kappa shape index (κ3) is 4.16. The first kappa shape index (κ1) is 14.8. The predicted octanol–water partition coefficient (Wildman–Crippen LogP) is 3.70. The molecule has 1 saturated carbocycles. The molecule has 2 heteroatoms. The summed E-state index contributed by atoms with van der Waals surface area (Å²) in [6, 6.07) is 10.9. The molecule has 2 nitrogen and oxygen atoms in total. The molecule has 1 aliphatic heterocycles. The minimum atomic E-state index is 0.382. The first-order valence-electron chi connectivity index (χ1n) is 8.60. The van der Waals surface area contributed by atoms with E-state index in [0.29, 0.717) is 11.7 Å². The Kier molecular flexibility index (Phi) is 5.08. The number of piperidine rings is 1. The summed E-state index contributed by atoms with van der Waals surface area (Å²) in [5.74, 6) is 1.75. The van der Waals surface area contributed by atoms with Crippen molar-refractivity contribution in [1.82, 2.24) is 4.90 Å². The highest BCUT2D eigenvalue weighted by atomic mass is 16.1. The summed E-state index contributed by atoms with van der Waals surface area (Å²) >= 11 is 0. The number of nitrogens with zero attached hydrogens (tertiary/aromatic N) is 1. The molecule has 1 atom stereocenters. The molecule has 2 fully saturated rings. The number of rotatable bonds is 5. The minimum absolute atomic E-state index is 0.382. The lowest BCUT2D eigenvalue weighted by atomic mass is 9.90. The molecule has 1 unspecified atom stereocenters. The number of ketones is 1. The molecule has 1 aromatic carbocycles. The second kappa shape index (κ2) is 7.22. The Morgan fingerprint density at radius 2 is 1.81 bits per heavy atom. The average Bonchev–Trinajstić information content (AvgIpc) is 2.93. The van der Waals surface area contributed by atoms with Gasteiger partial charge in [0.1, 0.15) is 5.78 Å². The van der Waals surface area contributed by atoms with Crippen molar-refractivity contribution in [1.29, 1.82) is 0 Å². The molecule has 1 aliphatic carbocycles. The van der Waals surface area contributed by atoms with Crippen molar-refractivity contribution in [2.75, 3.05) is 19.6 Å². The molecule has 3 rings (SSSR count). The van der Waals surface area contributed by atoms with Crippen molar-refractivity contribution in [3.05, 3.63) is 35.9 Å². The van der Waals surface area contributed by atoms with Gasteiger partial charge in [-0.3, -0.25) is 4.79 Å². The van der Waals surface area contributed by atoms with E-state index in [4.69, 9.17) is 0 Å². The lowest BCUT2D eigenvalue weighted by Gasteiger charge is -2.32. The average molecular weight is 285 g/mol. The smallest absolute Gasteiger partial charge is 0.136 e. The first-order chi connectivity index (χ1) is 10.3. The van der Waals surface area contributed by atoms with Crippen LogP contribution in [0.25, 0.3) is 0 Å². The number of hydrogen-bond acceptors (Lipinski definition) is 2. The second-order valence-corrected chi connectivity index (χ2v) is 6.82. The van der Waals surface area contributed by atoms with Gasteiger partial charge >= 0.3 is 0 Å². The van der Waals surface area contributed by atoms with Crippen LogP contribution < -0.4 is 0 Å². The molecule has 0 spiro atoms. The summed E-state index contributed by atoms with van der Waals surface area (Å²) in [7, 11) is 0. The lowest BCUT2D eigenvalue weighted by molar-refractivity contribution is -0.120. The Balaban J connectivity index is 1.38. The van der Waals surface area contributed by atoms with Crippen LogP contribution in [0.1, 0.15) is 44.1 Å². The van der Waals surface area contributed by atoms with Crippen LogP contribution in [-0.4, -0.2) is 30.3 Å². The van der Waals surface area contributed by atoms with E-state index in [1.807, 2.05) is 0 Å². The van der Waals surface area contributed by atoms with E-state index in [0.717, 1.165) is 38.1 Å². The summed E-state index contributed by atoms with van der Waals surface area (Å²) in [4.78, 5) is 14.3. The third-order valence-electron chi connectivity index (χ3n) is 5.30. The van der Waals surface area contributed by atoms with Gasteiger partial charge in [0.05, 0.1) is 0 Å². The fourth-order valence-electron chi connectivity index (χ4n) is 3.89. The second-order valence-electron chi connectivity index (χ2n) is 6.82. The predicted molar refractivity (Wildman–Crippen MR) is 86.3 cm³/mol. The van der Waals surface area contributed by atoms with Crippen LogP contribution in [0.5, 0.6) is 0 Å². The van der Waals surface area contributed by atoms with Gasteiger partial charge in [0.15, 0.2) is 0 Å². The molecule has 0 radical (unpaired) electrons. The normalized spacial score (nSPS) is 24.6. The first-order valence-corrected chi connectivity index (χ1v) is 8.60. The molecule has 1 aromatic rings. The van der Waals surface area contributed by atoms with Gasteiger partial charge in [-0.1, -0.05) is 30.3 Å². The molecule has 0 aromatic heterocycles. The number of likely N-dealkylation sites (tertiary alicyclic amines) is 1. The molecule has 114 valence electrons. The number of hydrogen-bond donors (Lipinski definition) is 0. The molecule has 2 aliphatic rings. The van der Waals surface area contributed by atoms with E-state index >= 15 is 0 Å². The molecule has 21 heavy (non-hydrogen) atoms. The Bertz CT molecular complexity index is 448. The molecule has 0 amide bonds. The van der Waals surface area contributed by atoms with Crippen LogP contribution >= 0.6 is 0 Å².